The van der Waals surface area contributed by atoms with Gasteiger partial charge in [0.1, 0.15) is 0 Å². The molecule has 2 N–H and O–H groups in total. The summed E-state index contributed by atoms with van der Waals surface area (Å²) in [4.78, 5) is 13.1. The lowest BCUT2D eigenvalue weighted by Crippen LogP contribution is -2.22. The lowest BCUT2D eigenvalue weighted by Gasteiger charge is -2.11. The van der Waals surface area contributed by atoms with Crippen molar-refractivity contribution < 1.29 is 4.79 Å². The van der Waals surface area contributed by atoms with Crippen LogP contribution in [0.3, 0.4) is 0 Å². The standard InChI is InChI=1S/C16H18N2OS/c1-2-20-15-11-7-6-10-14(15)18-16(19)12-17-13-8-4-3-5-9-13/h3-11,17H,2,12H2,1H3,(H,18,19). The van der Waals surface area contributed by atoms with Crippen molar-refractivity contribution in [3.05, 3.63) is 54.6 Å². The van der Waals surface area contributed by atoms with Crippen molar-refractivity contribution in [1.82, 2.24) is 0 Å². The zero-order valence-corrected chi connectivity index (χ0v) is 12.2. The number of carbonyl (C=O) groups is 1. The molecule has 1 amide bonds. The SMILES string of the molecule is CCSc1ccccc1NC(=O)CNc1ccccc1. The number of thioether (sulfide) groups is 1. The molecule has 2 rings (SSSR count). The van der Waals surface area contributed by atoms with Gasteiger partial charge in [0, 0.05) is 10.6 Å². The second-order valence-electron chi connectivity index (χ2n) is 4.20. The number of hydrogen-bond acceptors (Lipinski definition) is 3. The van der Waals surface area contributed by atoms with Crippen LogP contribution >= 0.6 is 11.8 Å². The second kappa shape index (κ2) is 7.60. The quantitative estimate of drug-likeness (QED) is 0.793. The van der Waals surface area contributed by atoms with Gasteiger partial charge in [-0.25, -0.2) is 0 Å². The molecule has 0 bridgehead atoms. The predicted molar refractivity (Wildman–Crippen MR) is 86.4 cm³/mol. The van der Waals surface area contributed by atoms with E-state index in [0.29, 0.717) is 0 Å². The molecule has 0 saturated heterocycles. The summed E-state index contributed by atoms with van der Waals surface area (Å²) in [5, 5.41) is 6.04. The third-order valence-corrected chi connectivity index (χ3v) is 3.64. The zero-order valence-electron chi connectivity index (χ0n) is 11.4. The van der Waals surface area contributed by atoms with Crippen molar-refractivity contribution in [2.75, 3.05) is 22.9 Å². The number of nitrogens with one attached hydrogen (secondary N) is 2. The van der Waals surface area contributed by atoms with E-state index in [2.05, 4.69) is 17.6 Å². The number of carbonyl (C=O) groups excluding carboxylic acids is 1. The van der Waals surface area contributed by atoms with E-state index in [4.69, 9.17) is 0 Å². The molecule has 4 heteroatoms. The van der Waals surface area contributed by atoms with Gasteiger partial charge in [-0.3, -0.25) is 4.79 Å². The van der Waals surface area contributed by atoms with Crippen molar-refractivity contribution in [2.24, 2.45) is 0 Å². The number of hydrogen-bond donors (Lipinski definition) is 2. The fraction of sp³-hybridized carbons (Fsp3) is 0.188. The van der Waals surface area contributed by atoms with E-state index in [1.807, 2.05) is 54.6 Å². The van der Waals surface area contributed by atoms with E-state index < -0.39 is 0 Å². The minimum atomic E-state index is -0.0435. The molecule has 0 aromatic heterocycles. The van der Waals surface area contributed by atoms with Crippen molar-refractivity contribution in [3.63, 3.8) is 0 Å². The molecule has 0 atom stereocenters. The summed E-state index contributed by atoms with van der Waals surface area (Å²) in [5.41, 5.74) is 1.82. The summed E-state index contributed by atoms with van der Waals surface area (Å²) in [7, 11) is 0. The Balaban J connectivity index is 1.91. The highest BCUT2D eigenvalue weighted by Crippen LogP contribution is 2.26. The molecule has 104 valence electrons. The summed E-state index contributed by atoms with van der Waals surface area (Å²) in [5.74, 6) is 0.938. The Kier molecular flexibility index (Phi) is 5.50. The first-order valence-electron chi connectivity index (χ1n) is 6.60. The molecule has 0 aliphatic carbocycles. The maximum atomic E-state index is 12.0. The summed E-state index contributed by atoms with van der Waals surface area (Å²) in [6.07, 6.45) is 0. The van der Waals surface area contributed by atoms with Crippen LogP contribution in [0.4, 0.5) is 11.4 Å². The molecule has 0 heterocycles. The van der Waals surface area contributed by atoms with Crippen LogP contribution in [-0.2, 0) is 4.79 Å². The largest absolute Gasteiger partial charge is 0.376 e. The van der Waals surface area contributed by atoms with E-state index in [-0.39, 0.29) is 12.5 Å². The van der Waals surface area contributed by atoms with Crippen LogP contribution in [0, 0.1) is 0 Å². The smallest absolute Gasteiger partial charge is 0.243 e. The van der Waals surface area contributed by atoms with Gasteiger partial charge in [-0.05, 0) is 30.0 Å². The molecule has 0 unspecified atom stereocenters. The van der Waals surface area contributed by atoms with Crippen LogP contribution < -0.4 is 10.6 Å². The zero-order chi connectivity index (χ0) is 14.2. The molecule has 0 saturated carbocycles. The van der Waals surface area contributed by atoms with Gasteiger partial charge in [0.05, 0.1) is 12.2 Å². The van der Waals surface area contributed by atoms with E-state index in [9.17, 15) is 4.79 Å². The van der Waals surface area contributed by atoms with Crippen LogP contribution in [0.15, 0.2) is 59.5 Å². The van der Waals surface area contributed by atoms with Gasteiger partial charge >= 0.3 is 0 Å². The van der Waals surface area contributed by atoms with Gasteiger partial charge in [0.2, 0.25) is 5.91 Å². The summed E-state index contributed by atoms with van der Waals surface area (Å²) < 4.78 is 0. The lowest BCUT2D eigenvalue weighted by atomic mass is 10.3. The van der Waals surface area contributed by atoms with Crippen molar-refractivity contribution in [2.45, 2.75) is 11.8 Å². The number of amides is 1. The fourth-order valence-electron chi connectivity index (χ4n) is 1.78. The van der Waals surface area contributed by atoms with Gasteiger partial charge < -0.3 is 10.6 Å². The van der Waals surface area contributed by atoms with Gasteiger partial charge in [-0.1, -0.05) is 37.3 Å². The van der Waals surface area contributed by atoms with Crippen LogP contribution in [-0.4, -0.2) is 18.2 Å². The van der Waals surface area contributed by atoms with Gasteiger partial charge in [-0.15, -0.1) is 11.8 Å². The maximum Gasteiger partial charge on any atom is 0.243 e. The highest BCUT2D eigenvalue weighted by atomic mass is 32.2. The molecule has 0 radical (unpaired) electrons. The van der Waals surface area contributed by atoms with Gasteiger partial charge in [-0.2, -0.15) is 0 Å². The summed E-state index contributed by atoms with van der Waals surface area (Å²) in [6.45, 7) is 2.36. The number of anilines is 2. The Morgan fingerprint density at radius 2 is 1.75 bits per heavy atom. The Morgan fingerprint density at radius 1 is 1.05 bits per heavy atom. The number of benzene rings is 2. The van der Waals surface area contributed by atoms with E-state index in [0.717, 1.165) is 22.0 Å². The predicted octanol–water partition coefficient (Wildman–Crippen LogP) is 3.85. The first kappa shape index (κ1) is 14.5. The van der Waals surface area contributed by atoms with E-state index in [1.54, 1.807) is 11.8 Å². The molecular weight excluding hydrogens is 268 g/mol. The number of para-hydroxylation sites is 2. The Hall–Kier alpha value is -1.94. The van der Waals surface area contributed by atoms with Gasteiger partial charge in [0.25, 0.3) is 0 Å². The Morgan fingerprint density at radius 3 is 2.50 bits per heavy atom. The second-order valence-corrected chi connectivity index (χ2v) is 5.50. The normalized spacial score (nSPS) is 10.1. The van der Waals surface area contributed by atoms with Crippen LogP contribution in [0.1, 0.15) is 6.92 Å². The monoisotopic (exact) mass is 286 g/mol. The molecule has 3 nitrogen and oxygen atoms in total. The Bertz CT molecular complexity index is 557. The third-order valence-electron chi connectivity index (χ3n) is 2.69. The molecule has 0 aliphatic heterocycles. The summed E-state index contributed by atoms with van der Waals surface area (Å²) >= 11 is 1.72. The minimum Gasteiger partial charge on any atom is -0.376 e. The van der Waals surface area contributed by atoms with Crippen molar-refractivity contribution in [3.8, 4) is 0 Å². The van der Waals surface area contributed by atoms with Gasteiger partial charge in [0.15, 0.2) is 0 Å². The van der Waals surface area contributed by atoms with Crippen LogP contribution in [0.2, 0.25) is 0 Å². The first-order chi connectivity index (χ1) is 9.79. The van der Waals surface area contributed by atoms with Crippen LogP contribution in [0.25, 0.3) is 0 Å². The van der Waals surface area contributed by atoms with Crippen molar-refractivity contribution >= 4 is 29.0 Å². The summed E-state index contributed by atoms with van der Waals surface area (Å²) in [6, 6.07) is 17.6. The lowest BCUT2D eigenvalue weighted by molar-refractivity contribution is -0.114. The molecule has 0 aliphatic rings. The molecular formula is C16H18N2OS. The topological polar surface area (TPSA) is 41.1 Å². The van der Waals surface area contributed by atoms with E-state index >= 15 is 0 Å². The average Bonchev–Trinajstić information content (AvgIpc) is 2.49. The minimum absolute atomic E-state index is 0.0435. The molecule has 20 heavy (non-hydrogen) atoms. The first-order valence-corrected chi connectivity index (χ1v) is 7.58. The number of rotatable bonds is 6. The highest BCUT2D eigenvalue weighted by Gasteiger charge is 2.06. The average molecular weight is 286 g/mol. The van der Waals surface area contributed by atoms with Crippen molar-refractivity contribution in [1.29, 1.82) is 0 Å². The van der Waals surface area contributed by atoms with Crippen LogP contribution in [0.5, 0.6) is 0 Å². The fourth-order valence-corrected chi connectivity index (χ4v) is 2.54. The molecule has 0 fully saturated rings. The maximum absolute atomic E-state index is 12.0. The highest BCUT2D eigenvalue weighted by molar-refractivity contribution is 7.99. The Labute approximate surface area is 123 Å². The molecule has 0 spiro atoms. The third kappa shape index (κ3) is 4.31. The van der Waals surface area contributed by atoms with E-state index in [1.165, 1.54) is 0 Å². The molecule has 2 aromatic carbocycles. The molecule has 2 aromatic rings.